The molecule has 0 aromatic carbocycles. The minimum atomic E-state index is 0.276. The molecular formula is C13H12OS2. The van der Waals surface area contributed by atoms with Gasteiger partial charge in [0.15, 0.2) is 5.78 Å². The van der Waals surface area contributed by atoms with Gasteiger partial charge in [-0.15, -0.1) is 11.3 Å². The van der Waals surface area contributed by atoms with Crippen LogP contribution in [0.5, 0.6) is 0 Å². The Morgan fingerprint density at radius 3 is 3.06 bits per heavy atom. The zero-order valence-electron chi connectivity index (χ0n) is 8.86. The van der Waals surface area contributed by atoms with Gasteiger partial charge in [0, 0.05) is 11.3 Å². The molecule has 0 radical (unpaired) electrons. The number of carbonyl (C=O) groups excluding carboxylic acids is 1. The van der Waals surface area contributed by atoms with Crippen LogP contribution in [0.1, 0.15) is 32.1 Å². The van der Waals surface area contributed by atoms with Crippen LogP contribution in [0.15, 0.2) is 22.9 Å². The molecule has 1 nitrogen and oxygen atoms in total. The highest BCUT2D eigenvalue weighted by Gasteiger charge is 2.18. The van der Waals surface area contributed by atoms with Crippen LogP contribution < -0.4 is 0 Å². The van der Waals surface area contributed by atoms with Gasteiger partial charge >= 0.3 is 0 Å². The summed E-state index contributed by atoms with van der Waals surface area (Å²) in [5.41, 5.74) is 2.56. The number of carbonyl (C=O) groups is 1. The molecule has 0 saturated carbocycles. The van der Waals surface area contributed by atoms with Crippen LogP contribution in [0.25, 0.3) is 0 Å². The molecule has 82 valence electrons. The second-order valence-electron chi connectivity index (χ2n) is 4.14. The molecule has 0 bridgehead atoms. The van der Waals surface area contributed by atoms with E-state index in [2.05, 4.69) is 11.4 Å². The summed E-state index contributed by atoms with van der Waals surface area (Å²) in [6.07, 6.45) is 4.16. The largest absolute Gasteiger partial charge is 0.293 e. The molecule has 0 N–H and O–H groups in total. The first kappa shape index (κ1) is 10.2. The number of hydrogen-bond donors (Lipinski definition) is 0. The Labute approximate surface area is 103 Å². The van der Waals surface area contributed by atoms with Crippen molar-refractivity contribution in [3.63, 3.8) is 0 Å². The van der Waals surface area contributed by atoms with Gasteiger partial charge in [-0.2, -0.15) is 11.3 Å². The van der Waals surface area contributed by atoms with Gasteiger partial charge in [0.25, 0.3) is 0 Å². The lowest BCUT2D eigenvalue weighted by molar-refractivity contribution is 0.0997. The van der Waals surface area contributed by atoms with Gasteiger partial charge in [-0.25, -0.2) is 0 Å². The van der Waals surface area contributed by atoms with Crippen molar-refractivity contribution in [1.29, 1.82) is 0 Å². The van der Waals surface area contributed by atoms with Crippen molar-refractivity contribution < 1.29 is 4.79 Å². The lowest BCUT2D eigenvalue weighted by Crippen LogP contribution is -1.99. The quantitative estimate of drug-likeness (QED) is 0.757. The maximum Gasteiger partial charge on any atom is 0.177 e. The summed E-state index contributed by atoms with van der Waals surface area (Å²) in [6.45, 7) is 0. The fraction of sp³-hybridized carbons (Fsp3) is 0.308. The van der Waals surface area contributed by atoms with Crippen LogP contribution in [-0.2, 0) is 19.3 Å². The van der Waals surface area contributed by atoms with Gasteiger partial charge in [0.2, 0.25) is 0 Å². The summed E-state index contributed by atoms with van der Waals surface area (Å²) in [6, 6.07) is 4.14. The van der Waals surface area contributed by atoms with E-state index in [4.69, 9.17) is 0 Å². The number of hydrogen-bond acceptors (Lipinski definition) is 3. The highest BCUT2D eigenvalue weighted by atomic mass is 32.1. The lowest BCUT2D eigenvalue weighted by Gasteiger charge is -1.95. The van der Waals surface area contributed by atoms with Gasteiger partial charge < -0.3 is 0 Å². The van der Waals surface area contributed by atoms with Gasteiger partial charge in [-0.1, -0.05) is 0 Å². The van der Waals surface area contributed by atoms with Crippen molar-refractivity contribution in [3.05, 3.63) is 43.8 Å². The normalized spacial score (nSPS) is 14.0. The fourth-order valence-electron chi connectivity index (χ4n) is 2.13. The summed E-state index contributed by atoms with van der Waals surface area (Å²) >= 11 is 3.36. The Kier molecular flexibility index (Phi) is 2.65. The average Bonchev–Trinajstić information content (AvgIpc) is 2.91. The minimum absolute atomic E-state index is 0.276. The molecule has 2 aromatic heterocycles. The molecule has 0 unspecified atom stereocenters. The first-order chi connectivity index (χ1) is 7.83. The monoisotopic (exact) mass is 248 g/mol. The highest BCUT2D eigenvalue weighted by Crippen LogP contribution is 2.31. The van der Waals surface area contributed by atoms with Crippen molar-refractivity contribution in [2.45, 2.75) is 25.7 Å². The molecule has 0 aliphatic heterocycles. The predicted octanol–water partition coefficient (Wildman–Crippen LogP) is 3.72. The molecule has 3 heteroatoms. The van der Waals surface area contributed by atoms with E-state index in [0.717, 1.165) is 16.9 Å². The van der Waals surface area contributed by atoms with Crippen LogP contribution in [0, 0.1) is 0 Å². The van der Waals surface area contributed by atoms with Crippen molar-refractivity contribution in [3.8, 4) is 0 Å². The summed E-state index contributed by atoms with van der Waals surface area (Å²) in [4.78, 5) is 14.4. The van der Waals surface area contributed by atoms with E-state index >= 15 is 0 Å². The van der Waals surface area contributed by atoms with Gasteiger partial charge in [0.1, 0.15) is 0 Å². The summed E-state index contributed by atoms with van der Waals surface area (Å²) in [5.74, 6) is 0.276. The molecule has 0 fully saturated rings. The number of ketones is 1. The Hall–Kier alpha value is -0.930. The van der Waals surface area contributed by atoms with Crippen LogP contribution >= 0.6 is 22.7 Å². The van der Waals surface area contributed by atoms with Crippen molar-refractivity contribution >= 4 is 28.5 Å². The van der Waals surface area contributed by atoms with Crippen molar-refractivity contribution in [2.75, 3.05) is 0 Å². The first-order valence-corrected chi connectivity index (χ1v) is 7.25. The van der Waals surface area contributed by atoms with Crippen LogP contribution in [-0.4, -0.2) is 5.78 Å². The fourth-order valence-corrected chi connectivity index (χ4v) is 3.99. The van der Waals surface area contributed by atoms with Gasteiger partial charge in [-0.05, 0) is 53.3 Å². The summed E-state index contributed by atoms with van der Waals surface area (Å²) in [7, 11) is 0. The molecule has 1 aliphatic rings. The molecule has 0 amide bonds. The SMILES string of the molecule is O=C(Cc1ccsc1)c1cc2c(s1)CCC2. The minimum Gasteiger partial charge on any atom is -0.293 e. The smallest absolute Gasteiger partial charge is 0.177 e. The highest BCUT2D eigenvalue weighted by molar-refractivity contribution is 7.14. The van der Waals surface area contributed by atoms with E-state index in [9.17, 15) is 4.79 Å². The van der Waals surface area contributed by atoms with Crippen LogP contribution in [0.3, 0.4) is 0 Å². The average molecular weight is 248 g/mol. The number of thiophene rings is 2. The topological polar surface area (TPSA) is 17.1 Å². The van der Waals surface area contributed by atoms with E-state index in [1.165, 1.54) is 23.3 Å². The second kappa shape index (κ2) is 4.15. The summed E-state index contributed by atoms with van der Waals surface area (Å²) < 4.78 is 0. The van der Waals surface area contributed by atoms with E-state index in [1.54, 1.807) is 22.7 Å². The first-order valence-electron chi connectivity index (χ1n) is 5.49. The van der Waals surface area contributed by atoms with E-state index < -0.39 is 0 Å². The molecule has 1 aliphatic carbocycles. The maximum atomic E-state index is 12.0. The van der Waals surface area contributed by atoms with Crippen LogP contribution in [0.4, 0.5) is 0 Å². The lowest BCUT2D eigenvalue weighted by atomic mass is 10.1. The number of rotatable bonds is 3. The second-order valence-corrected chi connectivity index (χ2v) is 6.06. The van der Waals surface area contributed by atoms with E-state index in [-0.39, 0.29) is 5.78 Å². The van der Waals surface area contributed by atoms with Crippen LogP contribution in [0.2, 0.25) is 0 Å². The zero-order chi connectivity index (χ0) is 11.0. The third-order valence-electron chi connectivity index (χ3n) is 2.97. The Bertz CT molecular complexity index is 487. The molecule has 2 heterocycles. The Morgan fingerprint density at radius 2 is 2.31 bits per heavy atom. The Balaban J connectivity index is 1.79. The number of Topliss-reactive ketones (excluding diaryl/α,β-unsaturated/α-hetero) is 1. The number of fused-ring (bicyclic) bond motifs is 1. The summed E-state index contributed by atoms with van der Waals surface area (Å²) in [5, 5.41) is 4.08. The molecule has 2 aromatic rings. The van der Waals surface area contributed by atoms with E-state index in [1.807, 2.05) is 11.4 Å². The molecule has 0 saturated heterocycles. The predicted molar refractivity (Wildman–Crippen MR) is 68.7 cm³/mol. The molecule has 16 heavy (non-hydrogen) atoms. The van der Waals surface area contributed by atoms with Gasteiger partial charge in [0.05, 0.1) is 4.88 Å². The maximum absolute atomic E-state index is 12.0. The molecule has 0 spiro atoms. The van der Waals surface area contributed by atoms with Crippen molar-refractivity contribution in [2.24, 2.45) is 0 Å². The van der Waals surface area contributed by atoms with E-state index in [0.29, 0.717) is 6.42 Å². The van der Waals surface area contributed by atoms with Crippen molar-refractivity contribution in [1.82, 2.24) is 0 Å². The standard InChI is InChI=1S/C13H12OS2/c14-11(6-9-4-5-15-8-9)13-7-10-2-1-3-12(10)16-13/h4-5,7-8H,1-3,6H2. The third kappa shape index (κ3) is 1.85. The zero-order valence-corrected chi connectivity index (χ0v) is 10.5. The third-order valence-corrected chi connectivity index (χ3v) is 4.98. The molecule has 3 rings (SSSR count). The Morgan fingerprint density at radius 1 is 1.38 bits per heavy atom. The molecular weight excluding hydrogens is 236 g/mol. The van der Waals surface area contributed by atoms with Gasteiger partial charge in [-0.3, -0.25) is 4.79 Å². The number of aryl methyl sites for hydroxylation is 2. The molecule has 0 atom stereocenters.